The van der Waals surface area contributed by atoms with Crippen molar-refractivity contribution < 1.29 is 13.5 Å². The van der Waals surface area contributed by atoms with Crippen molar-refractivity contribution in [2.75, 3.05) is 11.0 Å². The molecule has 0 radical (unpaired) electrons. The zero-order valence-corrected chi connectivity index (χ0v) is 13.5. The van der Waals surface area contributed by atoms with Gasteiger partial charge in [0.15, 0.2) is 0 Å². The van der Waals surface area contributed by atoms with Crippen molar-refractivity contribution in [3.8, 4) is 0 Å². The van der Waals surface area contributed by atoms with Gasteiger partial charge in [-0.05, 0) is 48.6 Å². The Bertz CT molecular complexity index is 742. The second kappa shape index (κ2) is 6.51. The topological polar surface area (TPSA) is 66.4 Å². The zero-order chi connectivity index (χ0) is 15.5. The average molecular weight is 323 g/mol. The molecule has 0 aliphatic heterocycles. The highest BCUT2D eigenvalue weighted by Crippen LogP contribution is 2.23. The Morgan fingerprint density at radius 3 is 2.62 bits per heavy atom. The van der Waals surface area contributed by atoms with Gasteiger partial charge in [-0.25, -0.2) is 8.42 Å². The molecule has 0 aromatic heterocycles. The van der Waals surface area contributed by atoms with Crippen LogP contribution in [-0.4, -0.2) is 19.8 Å². The number of sulfonamides is 1. The van der Waals surface area contributed by atoms with Crippen molar-refractivity contribution in [1.29, 1.82) is 0 Å². The minimum Gasteiger partial charge on any atom is -0.392 e. The molecule has 2 aromatic carbocycles. The molecular weight excluding hydrogens is 306 g/mol. The highest BCUT2D eigenvalue weighted by atomic mass is 32.2. The van der Waals surface area contributed by atoms with Crippen LogP contribution in [0.15, 0.2) is 52.3 Å². The second-order valence-corrected chi connectivity index (χ2v) is 7.13. The molecule has 2 aromatic rings. The summed E-state index contributed by atoms with van der Waals surface area (Å²) in [5.74, 6) is 0. The molecule has 2 N–H and O–H groups in total. The molecule has 0 saturated heterocycles. The lowest BCUT2D eigenvalue weighted by molar-refractivity contribution is 0.281. The van der Waals surface area contributed by atoms with Crippen LogP contribution in [0.1, 0.15) is 11.1 Å². The smallest absolute Gasteiger partial charge is 0.262 e. The summed E-state index contributed by atoms with van der Waals surface area (Å²) in [5, 5.41) is 9.16. The number of aryl methyl sites for hydroxylation is 1. The Hall–Kier alpha value is -1.50. The van der Waals surface area contributed by atoms with Crippen molar-refractivity contribution in [2.24, 2.45) is 0 Å². The normalized spacial score (nSPS) is 11.4. The standard InChI is InChI=1S/C15H17NO3S2/c1-11-6-7-12(10-17)8-15(11)21(18,19)16-13-4-3-5-14(9-13)20-2/h3-9,16-17H,10H2,1-2H3. The van der Waals surface area contributed by atoms with Crippen LogP contribution < -0.4 is 4.72 Å². The largest absolute Gasteiger partial charge is 0.392 e. The summed E-state index contributed by atoms with van der Waals surface area (Å²) in [5.41, 5.74) is 1.73. The van der Waals surface area contributed by atoms with E-state index in [9.17, 15) is 8.42 Å². The monoisotopic (exact) mass is 323 g/mol. The molecule has 6 heteroatoms. The number of anilines is 1. The zero-order valence-electron chi connectivity index (χ0n) is 11.8. The third kappa shape index (κ3) is 3.78. The Labute approximate surface area is 129 Å². The summed E-state index contributed by atoms with van der Waals surface area (Å²) in [7, 11) is -3.67. The van der Waals surface area contributed by atoms with Gasteiger partial charge in [0.2, 0.25) is 0 Å². The van der Waals surface area contributed by atoms with Crippen LogP contribution in [0, 0.1) is 6.92 Å². The maximum atomic E-state index is 12.5. The number of benzene rings is 2. The maximum absolute atomic E-state index is 12.5. The fourth-order valence-corrected chi connectivity index (χ4v) is 3.73. The predicted molar refractivity (Wildman–Crippen MR) is 86.1 cm³/mol. The van der Waals surface area contributed by atoms with Gasteiger partial charge in [-0.15, -0.1) is 11.8 Å². The highest BCUT2D eigenvalue weighted by molar-refractivity contribution is 7.98. The van der Waals surface area contributed by atoms with Crippen LogP contribution in [0.3, 0.4) is 0 Å². The maximum Gasteiger partial charge on any atom is 0.262 e. The number of aliphatic hydroxyl groups excluding tert-OH is 1. The molecule has 0 aliphatic rings. The first kappa shape index (κ1) is 15.9. The summed E-state index contributed by atoms with van der Waals surface area (Å²) < 4.78 is 27.6. The molecule has 0 atom stereocenters. The van der Waals surface area contributed by atoms with E-state index in [0.717, 1.165) is 4.90 Å². The first-order valence-corrected chi connectivity index (χ1v) is 9.04. The molecule has 0 unspecified atom stereocenters. The van der Waals surface area contributed by atoms with E-state index in [1.54, 1.807) is 49.0 Å². The van der Waals surface area contributed by atoms with E-state index >= 15 is 0 Å². The van der Waals surface area contributed by atoms with Gasteiger partial charge in [-0.2, -0.15) is 0 Å². The van der Waals surface area contributed by atoms with Crippen LogP contribution in [0.4, 0.5) is 5.69 Å². The number of thioether (sulfide) groups is 1. The molecule has 0 heterocycles. The van der Waals surface area contributed by atoms with Crippen LogP contribution in [-0.2, 0) is 16.6 Å². The van der Waals surface area contributed by atoms with E-state index in [0.29, 0.717) is 16.8 Å². The van der Waals surface area contributed by atoms with E-state index in [1.807, 2.05) is 12.3 Å². The van der Waals surface area contributed by atoms with Crippen LogP contribution in [0.2, 0.25) is 0 Å². The third-order valence-electron chi connectivity index (χ3n) is 3.05. The Kier molecular flexibility index (Phi) is 4.92. The Morgan fingerprint density at radius 2 is 1.95 bits per heavy atom. The van der Waals surface area contributed by atoms with Gasteiger partial charge in [0.25, 0.3) is 10.0 Å². The van der Waals surface area contributed by atoms with Gasteiger partial charge in [-0.1, -0.05) is 18.2 Å². The van der Waals surface area contributed by atoms with Crippen molar-refractivity contribution in [3.63, 3.8) is 0 Å². The van der Waals surface area contributed by atoms with Crippen LogP contribution in [0.5, 0.6) is 0 Å². The number of aliphatic hydroxyl groups is 1. The number of hydrogen-bond donors (Lipinski definition) is 2. The predicted octanol–water partition coefficient (Wildman–Crippen LogP) is 3.01. The van der Waals surface area contributed by atoms with Gasteiger partial charge >= 0.3 is 0 Å². The van der Waals surface area contributed by atoms with Crippen LogP contribution >= 0.6 is 11.8 Å². The summed E-state index contributed by atoms with van der Waals surface area (Å²) in [6.45, 7) is 1.54. The number of rotatable bonds is 5. The SMILES string of the molecule is CSc1cccc(NS(=O)(=O)c2cc(CO)ccc2C)c1. The lowest BCUT2D eigenvalue weighted by atomic mass is 10.2. The van der Waals surface area contributed by atoms with Crippen LogP contribution in [0.25, 0.3) is 0 Å². The molecule has 4 nitrogen and oxygen atoms in total. The van der Waals surface area contributed by atoms with Crippen molar-refractivity contribution >= 4 is 27.5 Å². The van der Waals surface area contributed by atoms with Gasteiger partial charge in [0.1, 0.15) is 0 Å². The summed E-state index contributed by atoms with van der Waals surface area (Å²) in [4.78, 5) is 1.17. The van der Waals surface area contributed by atoms with Crippen molar-refractivity contribution in [2.45, 2.75) is 23.3 Å². The quantitative estimate of drug-likeness (QED) is 0.830. The lowest BCUT2D eigenvalue weighted by Gasteiger charge is -2.12. The minimum atomic E-state index is -3.67. The minimum absolute atomic E-state index is 0.184. The molecule has 0 amide bonds. The molecule has 0 fully saturated rings. The van der Waals surface area contributed by atoms with E-state index in [4.69, 9.17) is 5.11 Å². The van der Waals surface area contributed by atoms with Crippen molar-refractivity contribution in [1.82, 2.24) is 0 Å². The summed E-state index contributed by atoms with van der Waals surface area (Å²) in [6, 6.07) is 12.1. The Morgan fingerprint density at radius 1 is 1.19 bits per heavy atom. The molecule has 112 valence electrons. The molecular formula is C15H17NO3S2. The van der Waals surface area contributed by atoms with Gasteiger partial charge in [0.05, 0.1) is 11.5 Å². The molecule has 0 saturated carbocycles. The molecule has 0 spiro atoms. The number of nitrogens with one attached hydrogen (secondary N) is 1. The van der Waals surface area contributed by atoms with Gasteiger partial charge < -0.3 is 5.11 Å². The fraction of sp³-hybridized carbons (Fsp3) is 0.200. The fourth-order valence-electron chi connectivity index (χ4n) is 1.93. The summed E-state index contributed by atoms with van der Waals surface area (Å²) >= 11 is 1.55. The third-order valence-corrected chi connectivity index (χ3v) is 5.30. The first-order chi connectivity index (χ1) is 9.96. The molecule has 0 bridgehead atoms. The van der Waals surface area contributed by atoms with Gasteiger partial charge in [-0.3, -0.25) is 4.72 Å². The van der Waals surface area contributed by atoms with E-state index in [1.165, 1.54) is 6.07 Å². The molecule has 0 aliphatic carbocycles. The second-order valence-electron chi connectivity index (χ2n) is 4.60. The van der Waals surface area contributed by atoms with E-state index < -0.39 is 10.0 Å². The van der Waals surface area contributed by atoms with E-state index in [2.05, 4.69) is 4.72 Å². The van der Waals surface area contributed by atoms with Crippen molar-refractivity contribution in [3.05, 3.63) is 53.6 Å². The summed E-state index contributed by atoms with van der Waals surface area (Å²) in [6.07, 6.45) is 1.93. The number of hydrogen-bond acceptors (Lipinski definition) is 4. The molecule has 21 heavy (non-hydrogen) atoms. The average Bonchev–Trinajstić information content (AvgIpc) is 2.47. The van der Waals surface area contributed by atoms with Gasteiger partial charge in [0, 0.05) is 10.6 Å². The molecule has 2 rings (SSSR count). The first-order valence-electron chi connectivity index (χ1n) is 6.33. The van der Waals surface area contributed by atoms with E-state index in [-0.39, 0.29) is 11.5 Å². The lowest BCUT2D eigenvalue weighted by Crippen LogP contribution is -2.14. The highest BCUT2D eigenvalue weighted by Gasteiger charge is 2.17. The Balaban J connectivity index is 2.38.